The highest BCUT2D eigenvalue weighted by atomic mass is 32.1. The van der Waals surface area contributed by atoms with Gasteiger partial charge in [-0.05, 0) is 24.3 Å². The molecule has 2 aliphatic rings. The van der Waals surface area contributed by atoms with Gasteiger partial charge in [0.15, 0.2) is 0 Å². The number of ether oxygens (including phenoxy) is 1. The molecule has 2 aliphatic heterocycles. The minimum Gasteiger partial charge on any atom is -0.497 e. The second-order valence-electron chi connectivity index (χ2n) is 5.44. The van der Waals surface area contributed by atoms with Crippen molar-refractivity contribution in [2.45, 2.75) is 18.5 Å². The SMILES string of the molecule is COc1ccc(C2=NC3(CCN(C(=O)O)CC3)NC2=S)cc1. The van der Waals surface area contributed by atoms with Crippen molar-refractivity contribution in [3.8, 4) is 5.75 Å². The van der Waals surface area contributed by atoms with Crippen molar-refractivity contribution in [2.75, 3.05) is 20.2 Å². The first kappa shape index (κ1) is 14.8. The van der Waals surface area contributed by atoms with Gasteiger partial charge in [-0.3, -0.25) is 4.99 Å². The van der Waals surface area contributed by atoms with E-state index in [-0.39, 0.29) is 0 Å². The predicted octanol–water partition coefficient (Wildman–Crippen LogP) is 1.89. The fraction of sp³-hybridized carbons (Fsp3) is 0.400. The molecule has 6 nitrogen and oxygen atoms in total. The van der Waals surface area contributed by atoms with E-state index in [1.165, 1.54) is 4.90 Å². The van der Waals surface area contributed by atoms with Crippen molar-refractivity contribution in [1.82, 2.24) is 10.2 Å². The largest absolute Gasteiger partial charge is 0.497 e. The predicted molar refractivity (Wildman–Crippen MR) is 86.8 cm³/mol. The van der Waals surface area contributed by atoms with Gasteiger partial charge in [-0.25, -0.2) is 4.79 Å². The highest BCUT2D eigenvalue weighted by molar-refractivity contribution is 7.82. The Morgan fingerprint density at radius 2 is 2.00 bits per heavy atom. The summed E-state index contributed by atoms with van der Waals surface area (Å²) in [7, 11) is 1.62. The van der Waals surface area contributed by atoms with Gasteiger partial charge in [0.05, 0.1) is 7.11 Å². The van der Waals surface area contributed by atoms with Crippen LogP contribution >= 0.6 is 12.2 Å². The van der Waals surface area contributed by atoms with Crippen LogP contribution in [0.25, 0.3) is 0 Å². The Balaban J connectivity index is 1.81. The lowest BCUT2D eigenvalue weighted by atomic mass is 9.98. The summed E-state index contributed by atoms with van der Waals surface area (Å²) in [5.41, 5.74) is 1.25. The molecule has 22 heavy (non-hydrogen) atoms. The van der Waals surface area contributed by atoms with Gasteiger partial charge in [-0.1, -0.05) is 12.2 Å². The van der Waals surface area contributed by atoms with Crippen LogP contribution in [0, 0.1) is 0 Å². The molecule has 0 bridgehead atoms. The molecule has 2 heterocycles. The van der Waals surface area contributed by atoms with Gasteiger partial charge < -0.3 is 20.1 Å². The maximum Gasteiger partial charge on any atom is 0.407 e. The lowest BCUT2D eigenvalue weighted by molar-refractivity contribution is 0.116. The quantitative estimate of drug-likeness (QED) is 0.814. The number of amides is 1. The van der Waals surface area contributed by atoms with Crippen LogP contribution in [0.2, 0.25) is 0 Å². The molecule has 1 fully saturated rings. The van der Waals surface area contributed by atoms with Gasteiger partial charge in [0.2, 0.25) is 0 Å². The molecule has 1 saturated heterocycles. The lowest BCUT2D eigenvalue weighted by Gasteiger charge is -2.36. The van der Waals surface area contributed by atoms with Crippen LogP contribution in [0.3, 0.4) is 0 Å². The van der Waals surface area contributed by atoms with Crippen LogP contribution in [0.15, 0.2) is 29.3 Å². The molecule has 0 radical (unpaired) electrons. The molecule has 7 heteroatoms. The molecule has 0 aromatic heterocycles. The van der Waals surface area contributed by atoms with Gasteiger partial charge in [-0.2, -0.15) is 0 Å². The second kappa shape index (κ2) is 5.57. The van der Waals surface area contributed by atoms with Crippen molar-refractivity contribution < 1.29 is 14.6 Å². The maximum absolute atomic E-state index is 11.0. The van der Waals surface area contributed by atoms with Gasteiger partial charge >= 0.3 is 6.09 Å². The zero-order chi connectivity index (χ0) is 15.7. The van der Waals surface area contributed by atoms with E-state index in [9.17, 15) is 4.79 Å². The summed E-state index contributed by atoms with van der Waals surface area (Å²) in [4.78, 5) is 17.8. The Labute approximate surface area is 133 Å². The molecular weight excluding hydrogens is 302 g/mol. The summed E-state index contributed by atoms with van der Waals surface area (Å²) in [5, 5.41) is 12.3. The summed E-state index contributed by atoms with van der Waals surface area (Å²) in [6, 6.07) is 7.60. The Morgan fingerprint density at radius 1 is 1.36 bits per heavy atom. The highest BCUT2D eigenvalue weighted by Crippen LogP contribution is 2.29. The summed E-state index contributed by atoms with van der Waals surface area (Å²) >= 11 is 5.42. The number of likely N-dealkylation sites (tertiary alicyclic amines) is 1. The van der Waals surface area contributed by atoms with E-state index < -0.39 is 11.8 Å². The minimum absolute atomic E-state index is 0.460. The van der Waals surface area contributed by atoms with E-state index in [1.54, 1.807) is 7.11 Å². The lowest BCUT2D eigenvalue weighted by Crippen LogP contribution is -2.51. The second-order valence-corrected chi connectivity index (χ2v) is 5.85. The van der Waals surface area contributed by atoms with E-state index in [0.717, 1.165) is 17.0 Å². The van der Waals surface area contributed by atoms with Crippen molar-refractivity contribution in [3.63, 3.8) is 0 Å². The first-order valence-corrected chi connectivity index (χ1v) is 7.48. The van der Waals surface area contributed by atoms with Crippen molar-refractivity contribution in [2.24, 2.45) is 4.99 Å². The fourth-order valence-electron chi connectivity index (χ4n) is 2.81. The van der Waals surface area contributed by atoms with E-state index in [2.05, 4.69) is 5.32 Å². The maximum atomic E-state index is 11.0. The van der Waals surface area contributed by atoms with Crippen molar-refractivity contribution in [3.05, 3.63) is 29.8 Å². The number of carboxylic acid groups (broad SMARTS) is 1. The zero-order valence-electron chi connectivity index (χ0n) is 12.2. The van der Waals surface area contributed by atoms with Crippen LogP contribution in [-0.4, -0.2) is 52.7 Å². The molecule has 1 aromatic carbocycles. The zero-order valence-corrected chi connectivity index (χ0v) is 13.0. The topological polar surface area (TPSA) is 74.2 Å². The summed E-state index contributed by atoms with van der Waals surface area (Å²) < 4.78 is 5.15. The van der Waals surface area contributed by atoms with Crippen LogP contribution < -0.4 is 10.1 Å². The average Bonchev–Trinajstić information content (AvgIpc) is 2.84. The average molecular weight is 319 g/mol. The summed E-state index contributed by atoms with van der Waals surface area (Å²) in [6.07, 6.45) is 0.368. The van der Waals surface area contributed by atoms with Crippen LogP contribution in [0.1, 0.15) is 18.4 Å². The molecule has 0 unspecified atom stereocenters. The number of nitrogens with one attached hydrogen (secondary N) is 1. The van der Waals surface area contributed by atoms with E-state index in [4.69, 9.17) is 27.1 Å². The van der Waals surface area contributed by atoms with E-state index in [1.807, 2.05) is 24.3 Å². The monoisotopic (exact) mass is 319 g/mol. The van der Waals surface area contributed by atoms with Crippen molar-refractivity contribution in [1.29, 1.82) is 0 Å². The van der Waals surface area contributed by atoms with Gasteiger partial charge in [0.1, 0.15) is 22.1 Å². The van der Waals surface area contributed by atoms with E-state index in [0.29, 0.717) is 30.9 Å². The van der Waals surface area contributed by atoms with Gasteiger partial charge in [0, 0.05) is 31.5 Å². The molecule has 0 aliphatic carbocycles. The minimum atomic E-state index is -0.880. The van der Waals surface area contributed by atoms with Gasteiger partial charge in [0.25, 0.3) is 0 Å². The summed E-state index contributed by atoms with van der Waals surface area (Å²) in [6.45, 7) is 0.925. The molecular formula is C15H17N3O3S. The first-order valence-electron chi connectivity index (χ1n) is 7.08. The Morgan fingerprint density at radius 3 is 2.55 bits per heavy atom. The normalized spacial score (nSPS) is 19.8. The van der Waals surface area contributed by atoms with E-state index >= 15 is 0 Å². The number of hydrogen-bond acceptors (Lipinski definition) is 4. The van der Waals surface area contributed by atoms with Crippen LogP contribution in [0.4, 0.5) is 4.79 Å². The molecule has 0 saturated carbocycles. The number of nitrogens with zero attached hydrogens (tertiary/aromatic N) is 2. The van der Waals surface area contributed by atoms with Gasteiger partial charge in [-0.15, -0.1) is 0 Å². The highest BCUT2D eigenvalue weighted by Gasteiger charge is 2.41. The Hall–Kier alpha value is -2.15. The first-order chi connectivity index (χ1) is 10.5. The molecule has 116 valence electrons. The standard InChI is InChI=1S/C15H17N3O3S/c1-21-11-4-2-10(3-5-11)12-13(22)17-15(16-12)6-8-18(9-7-15)14(19)20/h2-5H,6-9H2,1H3,(H,17,22)(H,19,20). The third-order valence-corrected chi connectivity index (χ3v) is 4.41. The molecule has 1 amide bonds. The van der Waals surface area contributed by atoms with Crippen LogP contribution in [-0.2, 0) is 0 Å². The number of piperidine rings is 1. The third kappa shape index (κ3) is 2.64. The number of benzene rings is 1. The molecule has 2 N–H and O–H groups in total. The number of hydrogen-bond donors (Lipinski definition) is 2. The number of methoxy groups -OCH3 is 1. The number of rotatable bonds is 2. The Bertz CT molecular complexity index is 634. The summed E-state index contributed by atoms with van der Waals surface area (Å²) in [5.74, 6) is 0.783. The number of carbonyl (C=O) groups is 1. The Kier molecular flexibility index (Phi) is 3.74. The molecule has 0 atom stereocenters. The fourth-order valence-corrected chi connectivity index (χ4v) is 3.17. The molecule has 1 spiro atoms. The number of aliphatic imine (C=N–C) groups is 1. The smallest absolute Gasteiger partial charge is 0.407 e. The third-order valence-electron chi connectivity index (χ3n) is 4.11. The van der Waals surface area contributed by atoms with Crippen LogP contribution in [0.5, 0.6) is 5.75 Å². The van der Waals surface area contributed by atoms with Crippen molar-refractivity contribution >= 4 is 29.0 Å². The molecule has 1 aromatic rings. The number of thiocarbonyl (C=S) groups is 1. The molecule has 3 rings (SSSR count).